The van der Waals surface area contributed by atoms with Crippen LogP contribution in [0.3, 0.4) is 0 Å². The Morgan fingerprint density at radius 3 is 2.73 bits per heavy atom. The molecule has 1 rings (SSSR count). The van der Waals surface area contributed by atoms with E-state index >= 15 is 0 Å². The van der Waals surface area contributed by atoms with Crippen molar-refractivity contribution in [1.29, 1.82) is 0 Å². The molecule has 0 bridgehead atoms. The summed E-state index contributed by atoms with van der Waals surface area (Å²) in [5, 5.41) is 2.82. The Bertz CT molecular complexity index is 194. The van der Waals surface area contributed by atoms with Crippen LogP contribution in [-0.2, 0) is 4.79 Å². The van der Waals surface area contributed by atoms with Crippen LogP contribution in [0.5, 0.6) is 0 Å². The van der Waals surface area contributed by atoms with E-state index in [0.29, 0.717) is 0 Å². The molecule has 0 fully saturated rings. The first kappa shape index (κ1) is 8.31. The van der Waals surface area contributed by atoms with Gasteiger partial charge >= 0.3 is 0 Å². The van der Waals surface area contributed by atoms with Crippen molar-refractivity contribution < 1.29 is 4.79 Å². The number of amides is 1. The van der Waals surface area contributed by atoms with Crippen molar-refractivity contribution in [1.82, 2.24) is 5.32 Å². The highest BCUT2D eigenvalue weighted by atomic mass is 16.1. The smallest absolute Gasteiger partial charge is 0.247 e. The molecule has 0 saturated heterocycles. The van der Waals surface area contributed by atoms with Crippen molar-refractivity contribution in [2.45, 2.75) is 33.1 Å². The van der Waals surface area contributed by atoms with E-state index in [1.165, 1.54) is 18.4 Å². The van der Waals surface area contributed by atoms with Gasteiger partial charge in [-0.15, -0.1) is 0 Å². The van der Waals surface area contributed by atoms with Gasteiger partial charge in [0.05, 0.1) is 0 Å². The van der Waals surface area contributed by atoms with Crippen LogP contribution in [0.15, 0.2) is 11.1 Å². The lowest BCUT2D eigenvalue weighted by atomic mass is 10.1. The maximum atomic E-state index is 11.0. The second-order valence-corrected chi connectivity index (χ2v) is 3.01. The van der Waals surface area contributed by atoms with Crippen molar-refractivity contribution in [3.8, 4) is 0 Å². The first-order chi connectivity index (χ1) is 5.25. The summed E-state index contributed by atoms with van der Waals surface area (Å²) in [4.78, 5) is 11.0. The molecule has 1 aliphatic heterocycles. The summed E-state index contributed by atoms with van der Waals surface area (Å²) in [6.45, 7) is 4.86. The molecule has 62 valence electrons. The van der Waals surface area contributed by atoms with Gasteiger partial charge in [0.2, 0.25) is 5.91 Å². The van der Waals surface area contributed by atoms with E-state index in [4.69, 9.17) is 0 Å². The third-order valence-electron chi connectivity index (χ3n) is 2.17. The van der Waals surface area contributed by atoms with Gasteiger partial charge in [0.1, 0.15) is 0 Å². The largest absolute Gasteiger partial charge is 0.349 e. The number of hydrogen-bond donors (Lipinski definition) is 1. The van der Waals surface area contributed by atoms with Crippen molar-refractivity contribution in [3.63, 3.8) is 0 Å². The predicted octanol–water partition coefficient (Wildman–Crippen LogP) is 1.62. The number of unbranched alkanes of at least 4 members (excludes halogenated alkanes) is 1. The molecule has 0 spiro atoms. The molecule has 2 nitrogen and oxygen atoms in total. The van der Waals surface area contributed by atoms with E-state index in [1.54, 1.807) is 0 Å². The number of rotatable bonds is 3. The first-order valence-electron chi connectivity index (χ1n) is 4.22. The fourth-order valence-electron chi connectivity index (χ4n) is 1.28. The molecule has 2 heteroatoms. The molecular formula is C9H15NO. The van der Waals surface area contributed by atoms with Crippen LogP contribution in [0.25, 0.3) is 0 Å². The third kappa shape index (κ3) is 1.82. The van der Waals surface area contributed by atoms with E-state index in [0.717, 1.165) is 18.5 Å². The van der Waals surface area contributed by atoms with Crippen LogP contribution in [0, 0.1) is 0 Å². The fraction of sp³-hybridized carbons (Fsp3) is 0.667. The van der Waals surface area contributed by atoms with Crippen LogP contribution in [0.2, 0.25) is 0 Å². The van der Waals surface area contributed by atoms with Gasteiger partial charge in [0, 0.05) is 12.1 Å². The Balaban J connectivity index is 2.50. The minimum Gasteiger partial charge on any atom is -0.349 e. The highest BCUT2D eigenvalue weighted by Gasteiger charge is 2.16. The summed E-state index contributed by atoms with van der Waals surface area (Å²) >= 11 is 0. The fourth-order valence-corrected chi connectivity index (χ4v) is 1.28. The van der Waals surface area contributed by atoms with Gasteiger partial charge in [-0.05, 0) is 25.3 Å². The topological polar surface area (TPSA) is 29.1 Å². The summed E-state index contributed by atoms with van der Waals surface area (Å²) in [6.07, 6.45) is 3.48. The molecule has 1 amide bonds. The maximum absolute atomic E-state index is 11.0. The van der Waals surface area contributed by atoms with Gasteiger partial charge < -0.3 is 5.32 Å². The van der Waals surface area contributed by atoms with Gasteiger partial charge in [0.25, 0.3) is 0 Å². The molecule has 0 aromatic carbocycles. The Morgan fingerprint density at radius 2 is 2.27 bits per heavy atom. The molecule has 0 aliphatic carbocycles. The first-order valence-corrected chi connectivity index (χ1v) is 4.22. The Morgan fingerprint density at radius 1 is 1.55 bits per heavy atom. The second-order valence-electron chi connectivity index (χ2n) is 3.01. The standard InChI is InChI=1S/C9H15NO/c1-3-4-5-8-6-10-9(11)7(8)2/h3-6H2,1-2H3,(H,10,11). The number of carbonyl (C=O) groups excluding carboxylic acids is 1. The van der Waals surface area contributed by atoms with Crippen molar-refractivity contribution >= 4 is 5.91 Å². The van der Waals surface area contributed by atoms with Gasteiger partial charge in [0.15, 0.2) is 0 Å². The Labute approximate surface area is 67.7 Å². The number of hydrogen-bond acceptors (Lipinski definition) is 1. The SMILES string of the molecule is CCCCC1=C(C)C(=O)NC1. The summed E-state index contributed by atoms with van der Waals surface area (Å²) < 4.78 is 0. The highest BCUT2D eigenvalue weighted by molar-refractivity contribution is 5.96. The van der Waals surface area contributed by atoms with Crippen molar-refractivity contribution in [2.24, 2.45) is 0 Å². The third-order valence-corrected chi connectivity index (χ3v) is 2.17. The Hall–Kier alpha value is -0.790. The molecule has 1 aliphatic rings. The molecule has 0 unspecified atom stereocenters. The van der Waals surface area contributed by atoms with E-state index in [2.05, 4.69) is 12.2 Å². The van der Waals surface area contributed by atoms with Gasteiger partial charge in [-0.1, -0.05) is 13.3 Å². The van der Waals surface area contributed by atoms with Gasteiger partial charge in [-0.25, -0.2) is 0 Å². The van der Waals surface area contributed by atoms with E-state index in [9.17, 15) is 4.79 Å². The molecule has 11 heavy (non-hydrogen) atoms. The molecule has 0 saturated carbocycles. The monoisotopic (exact) mass is 153 g/mol. The summed E-state index contributed by atoms with van der Waals surface area (Å²) in [5.41, 5.74) is 2.25. The average Bonchev–Trinajstić information content (AvgIpc) is 2.31. The van der Waals surface area contributed by atoms with Gasteiger partial charge in [-0.2, -0.15) is 0 Å². The minimum atomic E-state index is 0.121. The van der Waals surface area contributed by atoms with Crippen LogP contribution in [-0.4, -0.2) is 12.5 Å². The van der Waals surface area contributed by atoms with Crippen LogP contribution in [0.1, 0.15) is 33.1 Å². The molecule has 1 heterocycles. The zero-order valence-corrected chi connectivity index (χ0v) is 7.24. The quantitative estimate of drug-likeness (QED) is 0.656. The van der Waals surface area contributed by atoms with Crippen LogP contribution < -0.4 is 5.32 Å². The van der Waals surface area contributed by atoms with Gasteiger partial charge in [-0.3, -0.25) is 4.79 Å². The molecule has 0 radical (unpaired) electrons. The predicted molar refractivity (Wildman–Crippen MR) is 45.2 cm³/mol. The van der Waals surface area contributed by atoms with E-state index < -0.39 is 0 Å². The summed E-state index contributed by atoms with van der Waals surface area (Å²) in [6, 6.07) is 0. The number of nitrogens with one attached hydrogen (secondary N) is 1. The zero-order chi connectivity index (χ0) is 8.27. The number of carbonyl (C=O) groups is 1. The minimum absolute atomic E-state index is 0.121. The molecule has 1 N–H and O–H groups in total. The molecule has 0 aromatic heterocycles. The lowest BCUT2D eigenvalue weighted by Crippen LogP contribution is -2.16. The lowest BCUT2D eigenvalue weighted by molar-refractivity contribution is -0.116. The average molecular weight is 153 g/mol. The lowest BCUT2D eigenvalue weighted by Gasteiger charge is -1.98. The normalized spacial score (nSPS) is 17.5. The molecule has 0 atom stereocenters. The highest BCUT2D eigenvalue weighted by Crippen LogP contribution is 2.16. The Kier molecular flexibility index (Phi) is 2.69. The summed E-state index contributed by atoms with van der Waals surface area (Å²) in [7, 11) is 0. The van der Waals surface area contributed by atoms with Crippen LogP contribution in [0.4, 0.5) is 0 Å². The van der Waals surface area contributed by atoms with Crippen molar-refractivity contribution in [2.75, 3.05) is 6.54 Å². The second kappa shape index (κ2) is 3.56. The molecular weight excluding hydrogens is 138 g/mol. The summed E-state index contributed by atoms with van der Waals surface area (Å²) in [5.74, 6) is 0.121. The maximum Gasteiger partial charge on any atom is 0.247 e. The van der Waals surface area contributed by atoms with E-state index in [1.807, 2.05) is 6.92 Å². The van der Waals surface area contributed by atoms with E-state index in [-0.39, 0.29) is 5.91 Å². The molecule has 0 aromatic rings. The van der Waals surface area contributed by atoms with Crippen LogP contribution >= 0.6 is 0 Å². The zero-order valence-electron chi connectivity index (χ0n) is 7.24. The van der Waals surface area contributed by atoms with Crippen molar-refractivity contribution in [3.05, 3.63) is 11.1 Å².